The van der Waals surface area contributed by atoms with Gasteiger partial charge in [0.25, 0.3) is 11.8 Å². The SMILES string of the molecule is O=C(NCCc1nc(NC2CC2)ncc1C(=O)N1CCCC1)c1cccnc1. The van der Waals surface area contributed by atoms with Gasteiger partial charge in [0.1, 0.15) is 0 Å². The third-order valence-electron chi connectivity index (χ3n) is 4.97. The molecular formula is C20H24N6O2. The summed E-state index contributed by atoms with van der Waals surface area (Å²) in [5, 5.41) is 6.15. The number of nitrogens with zero attached hydrogens (tertiary/aromatic N) is 4. The number of amides is 2. The van der Waals surface area contributed by atoms with Gasteiger partial charge in [-0.25, -0.2) is 9.97 Å². The van der Waals surface area contributed by atoms with E-state index in [1.807, 2.05) is 4.90 Å². The molecule has 2 N–H and O–H groups in total. The molecule has 3 heterocycles. The van der Waals surface area contributed by atoms with E-state index in [1.54, 1.807) is 24.5 Å². The lowest BCUT2D eigenvalue weighted by molar-refractivity contribution is 0.0790. The molecule has 0 radical (unpaired) electrons. The van der Waals surface area contributed by atoms with Crippen LogP contribution in [0.25, 0.3) is 0 Å². The van der Waals surface area contributed by atoms with E-state index >= 15 is 0 Å². The van der Waals surface area contributed by atoms with Crippen LogP contribution in [0.2, 0.25) is 0 Å². The Kier molecular flexibility index (Phi) is 5.45. The molecule has 1 saturated carbocycles. The first-order valence-electron chi connectivity index (χ1n) is 9.80. The molecule has 4 rings (SSSR count). The van der Waals surface area contributed by atoms with Crippen LogP contribution in [0.3, 0.4) is 0 Å². The minimum absolute atomic E-state index is 0.0240. The average molecular weight is 380 g/mol. The lowest BCUT2D eigenvalue weighted by Gasteiger charge is -2.17. The Hall–Kier alpha value is -3.03. The van der Waals surface area contributed by atoms with Crippen molar-refractivity contribution < 1.29 is 9.59 Å². The van der Waals surface area contributed by atoms with E-state index in [-0.39, 0.29) is 11.8 Å². The molecule has 1 aliphatic heterocycles. The van der Waals surface area contributed by atoms with E-state index in [4.69, 9.17) is 0 Å². The van der Waals surface area contributed by atoms with Crippen LogP contribution in [0.4, 0.5) is 5.95 Å². The quantitative estimate of drug-likeness (QED) is 0.758. The van der Waals surface area contributed by atoms with Crippen molar-refractivity contribution in [3.05, 3.63) is 47.5 Å². The molecule has 0 aromatic carbocycles. The summed E-state index contributed by atoms with van der Waals surface area (Å²) in [7, 11) is 0. The summed E-state index contributed by atoms with van der Waals surface area (Å²) in [6.45, 7) is 1.93. The normalized spacial score (nSPS) is 16.1. The van der Waals surface area contributed by atoms with Crippen LogP contribution in [0.1, 0.15) is 52.1 Å². The van der Waals surface area contributed by atoms with Gasteiger partial charge in [-0.3, -0.25) is 14.6 Å². The molecule has 1 aliphatic carbocycles. The zero-order valence-corrected chi connectivity index (χ0v) is 15.7. The van der Waals surface area contributed by atoms with Gasteiger partial charge in [-0.2, -0.15) is 0 Å². The molecule has 28 heavy (non-hydrogen) atoms. The van der Waals surface area contributed by atoms with Gasteiger partial charge < -0.3 is 15.5 Å². The first kappa shape index (κ1) is 18.3. The van der Waals surface area contributed by atoms with E-state index in [2.05, 4.69) is 25.6 Å². The number of likely N-dealkylation sites (tertiary alicyclic amines) is 1. The van der Waals surface area contributed by atoms with Crippen LogP contribution in [0.5, 0.6) is 0 Å². The van der Waals surface area contributed by atoms with Gasteiger partial charge in [0, 0.05) is 50.7 Å². The second-order valence-corrected chi connectivity index (χ2v) is 7.22. The minimum Gasteiger partial charge on any atom is -0.352 e. The fraction of sp³-hybridized carbons (Fsp3) is 0.450. The number of rotatable bonds is 7. The molecular weight excluding hydrogens is 356 g/mol. The van der Waals surface area contributed by atoms with Gasteiger partial charge >= 0.3 is 0 Å². The molecule has 8 nitrogen and oxygen atoms in total. The smallest absolute Gasteiger partial charge is 0.257 e. The van der Waals surface area contributed by atoms with Crippen LogP contribution in [0.15, 0.2) is 30.7 Å². The molecule has 2 amide bonds. The highest BCUT2D eigenvalue weighted by Gasteiger charge is 2.25. The summed E-state index contributed by atoms with van der Waals surface area (Å²) in [4.78, 5) is 39.8. The van der Waals surface area contributed by atoms with Crippen LogP contribution in [-0.2, 0) is 6.42 Å². The standard InChI is InChI=1S/C20H24N6O2/c27-18(14-4-3-8-21-12-14)22-9-7-17-16(19(28)26-10-1-2-11-26)13-23-20(25-17)24-15-5-6-15/h3-4,8,12-13,15H,1-2,5-7,9-11H2,(H,22,27)(H,23,24,25). The maximum Gasteiger partial charge on any atom is 0.257 e. The Morgan fingerprint density at radius 1 is 1.18 bits per heavy atom. The number of hydrogen-bond donors (Lipinski definition) is 2. The van der Waals surface area contributed by atoms with Gasteiger partial charge in [0.2, 0.25) is 5.95 Å². The Balaban J connectivity index is 1.46. The zero-order valence-electron chi connectivity index (χ0n) is 15.7. The van der Waals surface area contributed by atoms with Crippen molar-refractivity contribution in [1.82, 2.24) is 25.2 Å². The van der Waals surface area contributed by atoms with Crippen LogP contribution in [0, 0.1) is 0 Å². The number of hydrogen-bond acceptors (Lipinski definition) is 6. The van der Waals surface area contributed by atoms with Gasteiger partial charge in [-0.15, -0.1) is 0 Å². The van der Waals surface area contributed by atoms with Crippen molar-refractivity contribution in [3.63, 3.8) is 0 Å². The third kappa shape index (κ3) is 4.44. The van der Waals surface area contributed by atoms with Crippen molar-refractivity contribution in [1.29, 1.82) is 0 Å². The summed E-state index contributed by atoms with van der Waals surface area (Å²) in [6, 6.07) is 3.87. The van der Waals surface area contributed by atoms with Gasteiger partial charge in [0.05, 0.1) is 16.8 Å². The van der Waals surface area contributed by atoms with E-state index in [9.17, 15) is 9.59 Å². The van der Waals surface area contributed by atoms with Crippen molar-refractivity contribution >= 4 is 17.8 Å². The first-order valence-corrected chi connectivity index (χ1v) is 9.80. The van der Waals surface area contributed by atoms with E-state index < -0.39 is 0 Å². The summed E-state index contributed by atoms with van der Waals surface area (Å²) in [6.07, 6.45) is 9.54. The summed E-state index contributed by atoms with van der Waals surface area (Å²) in [5.74, 6) is 0.337. The number of anilines is 1. The van der Waals surface area contributed by atoms with Gasteiger partial charge in [-0.1, -0.05) is 0 Å². The van der Waals surface area contributed by atoms with Crippen LogP contribution in [-0.4, -0.2) is 57.3 Å². The fourth-order valence-electron chi connectivity index (χ4n) is 3.25. The molecule has 0 bridgehead atoms. The average Bonchev–Trinajstić information content (AvgIpc) is 3.36. The topological polar surface area (TPSA) is 100 Å². The van der Waals surface area contributed by atoms with Crippen molar-refractivity contribution in [2.75, 3.05) is 25.0 Å². The largest absolute Gasteiger partial charge is 0.352 e. The predicted molar refractivity (Wildman–Crippen MR) is 104 cm³/mol. The van der Waals surface area contributed by atoms with Crippen LogP contribution >= 0.6 is 0 Å². The zero-order chi connectivity index (χ0) is 19.3. The maximum atomic E-state index is 12.9. The fourth-order valence-corrected chi connectivity index (χ4v) is 3.25. The highest BCUT2D eigenvalue weighted by Crippen LogP contribution is 2.23. The Morgan fingerprint density at radius 2 is 2.00 bits per heavy atom. The maximum absolute atomic E-state index is 12.9. The predicted octanol–water partition coefficient (Wildman–Crippen LogP) is 1.65. The molecule has 2 aliphatic rings. The molecule has 2 fully saturated rings. The number of pyridine rings is 1. The van der Waals surface area contributed by atoms with Gasteiger partial charge in [-0.05, 0) is 37.8 Å². The molecule has 0 spiro atoms. The Bertz CT molecular complexity index is 847. The summed E-state index contributed by atoms with van der Waals surface area (Å²) < 4.78 is 0. The van der Waals surface area contributed by atoms with Crippen molar-refractivity contribution in [3.8, 4) is 0 Å². The second-order valence-electron chi connectivity index (χ2n) is 7.22. The monoisotopic (exact) mass is 380 g/mol. The summed E-state index contributed by atoms with van der Waals surface area (Å²) in [5.41, 5.74) is 1.70. The summed E-state index contributed by atoms with van der Waals surface area (Å²) >= 11 is 0. The number of carbonyl (C=O) groups excluding carboxylic acids is 2. The highest BCUT2D eigenvalue weighted by atomic mass is 16.2. The van der Waals surface area contributed by atoms with E-state index in [1.165, 1.54) is 6.20 Å². The number of carbonyl (C=O) groups is 2. The lowest BCUT2D eigenvalue weighted by atomic mass is 10.1. The van der Waals surface area contributed by atoms with Crippen molar-refractivity contribution in [2.24, 2.45) is 0 Å². The van der Waals surface area contributed by atoms with Gasteiger partial charge in [0.15, 0.2) is 0 Å². The Morgan fingerprint density at radius 3 is 2.71 bits per heavy atom. The molecule has 8 heteroatoms. The van der Waals surface area contributed by atoms with E-state index in [0.717, 1.165) is 38.8 Å². The number of nitrogens with one attached hydrogen (secondary N) is 2. The molecule has 0 unspecified atom stereocenters. The highest BCUT2D eigenvalue weighted by molar-refractivity contribution is 5.95. The third-order valence-corrected chi connectivity index (χ3v) is 4.97. The molecule has 2 aromatic rings. The van der Waals surface area contributed by atoms with E-state index in [0.29, 0.717) is 41.8 Å². The first-order chi connectivity index (χ1) is 13.7. The second kappa shape index (κ2) is 8.33. The molecule has 146 valence electrons. The lowest BCUT2D eigenvalue weighted by Crippen LogP contribution is -2.31. The Labute approximate surface area is 163 Å². The minimum atomic E-state index is -0.189. The van der Waals surface area contributed by atoms with Crippen molar-refractivity contribution in [2.45, 2.75) is 38.1 Å². The molecule has 0 atom stereocenters. The molecule has 2 aromatic heterocycles. The number of aromatic nitrogens is 3. The molecule has 1 saturated heterocycles. The van der Waals surface area contributed by atoms with Crippen LogP contribution < -0.4 is 10.6 Å².